The van der Waals surface area contributed by atoms with Gasteiger partial charge in [-0.05, 0) is 79.2 Å². The van der Waals surface area contributed by atoms with Crippen LogP contribution >= 0.6 is 15.9 Å². The number of benzene rings is 3. The van der Waals surface area contributed by atoms with E-state index in [0.29, 0.717) is 37.3 Å². The molecular weight excluding hydrogens is 558 g/mol. The molecule has 0 atom stereocenters. The first kappa shape index (κ1) is 26.6. The van der Waals surface area contributed by atoms with Gasteiger partial charge in [0.25, 0.3) is 11.8 Å². The molecule has 0 bridgehead atoms. The molecule has 0 aliphatic carbocycles. The standard InChI is InChI=1S/C31H30BrN3O4/c1-21-28(31(37)34-17-15-33(16-18-34)30(36)23-7-11-24(32)12-8-23)20-29(22-9-13-26(38-2)14-10-22)35(21)25-5-4-6-27(19-25)39-3/h4-14,19-20H,15-18H2,1-3H3. The van der Waals surface area contributed by atoms with Crippen LogP contribution in [0.2, 0.25) is 0 Å². The van der Waals surface area contributed by atoms with Gasteiger partial charge in [-0.25, -0.2) is 0 Å². The largest absolute Gasteiger partial charge is 0.497 e. The molecule has 2 heterocycles. The van der Waals surface area contributed by atoms with Gasteiger partial charge >= 0.3 is 0 Å². The molecule has 0 radical (unpaired) electrons. The second-order valence-electron chi connectivity index (χ2n) is 9.39. The molecular formula is C31H30BrN3O4. The minimum Gasteiger partial charge on any atom is -0.497 e. The van der Waals surface area contributed by atoms with Gasteiger partial charge in [0.1, 0.15) is 11.5 Å². The number of aromatic nitrogens is 1. The predicted octanol–water partition coefficient (Wildman–Crippen LogP) is 5.83. The van der Waals surface area contributed by atoms with E-state index in [1.165, 1.54) is 0 Å². The molecule has 1 aromatic heterocycles. The number of hydrogen-bond acceptors (Lipinski definition) is 4. The molecule has 39 heavy (non-hydrogen) atoms. The summed E-state index contributed by atoms with van der Waals surface area (Å²) in [5.41, 5.74) is 4.89. The van der Waals surface area contributed by atoms with Crippen LogP contribution in [0.15, 0.2) is 83.3 Å². The average molecular weight is 589 g/mol. The minimum absolute atomic E-state index is 0.0169. The Hall–Kier alpha value is -4.04. The number of hydrogen-bond donors (Lipinski definition) is 0. The van der Waals surface area contributed by atoms with Crippen molar-refractivity contribution in [1.29, 1.82) is 0 Å². The lowest BCUT2D eigenvalue weighted by atomic mass is 10.1. The lowest BCUT2D eigenvalue weighted by molar-refractivity contribution is 0.0535. The van der Waals surface area contributed by atoms with E-state index in [1.807, 2.05) is 95.6 Å². The number of piperazine rings is 1. The van der Waals surface area contributed by atoms with Crippen molar-refractivity contribution >= 4 is 27.7 Å². The number of rotatable bonds is 6. The van der Waals surface area contributed by atoms with Crippen LogP contribution in [0.3, 0.4) is 0 Å². The summed E-state index contributed by atoms with van der Waals surface area (Å²) in [6.45, 7) is 3.89. The normalized spacial score (nSPS) is 13.3. The smallest absolute Gasteiger partial charge is 0.255 e. The van der Waals surface area contributed by atoms with Crippen LogP contribution in [-0.2, 0) is 0 Å². The summed E-state index contributed by atoms with van der Waals surface area (Å²) in [5, 5.41) is 0. The van der Waals surface area contributed by atoms with Crippen molar-refractivity contribution < 1.29 is 19.1 Å². The van der Waals surface area contributed by atoms with E-state index in [9.17, 15) is 9.59 Å². The Bertz CT molecular complexity index is 1490. The molecule has 1 fully saturated rings. The molecule has 1 aliphatic rings. The van der Waals surface area contributed by atoms with Crippen molar-refractivity contribution in [2.24, 2.45) is 0 Å². The zero-order valence-corrected chi connectivity index (χ0v) is 23.8. The lowest BCUT2D eigenvalue weighted by Crippen LogP contribution is -2.50. The van der Waals surface area contributed by atoms with E-state index in [2.05, 4.69) is 20.5 Å². The third-order valence-electron chi connectivity index (χ3n) is 7.12. The molecule has 0 saturated carbocycles. The average Bonchev–Trinajstić information content (AvgIpc) is 3.33. The Labute approximate surface area is 236 Å². The van der Waals surface area contributed by atoms with Crippen molar-refractivity contribution in [3.8, 4) is 28.4 Å². The zero-order valence-electron chi connectivity index (χ0n) is 22.2. The first-order chi connectivity index (χ1) is 18.9. The Balaban J connectivity index is 1.43. The van der Waals surface area contributed by atoms with E-state index in [-0.39, 0.29) is 11.8 Å². The summed E-state index contributed by atoms with van der Waals surface area (Å²) < 4.78 is 13.8. The van der Waals surface area contributed by atoms with Gasteiger partial charge in [-0.2, -0.15) is 0 Å². The molecule has 4 aromatic rings. The number of carbonyl (C=O) groups is 2. The summed E-state index contributed by atoms with van der Waals surface area (Å²) in [5.74, 6) is 1.44. The Morgan fingerprint density at radius 2 is 1.36 bits per heavy atom. The molecule has 0 spiro atoms. The fraction of sp³-hybridized carbons (Fsp3) is 0.226. The number of amides is 2. The van der Waals surface area contributed by atoms with Crippen LogP contribution in [0, 0.1) is 6.92 Å². The summed E-state index contributed by atoms with van der Waals surface area (Å²) >= 11 is 3.41. The van der Waals surface area contributed by atoms with E-state index in [0.717, 1.165) is 38.6 Å². The van der Waals surface area contributed by atoms with Gasteiger partial charge < -0.3 is 23.8 Å². The Morgan fingerprint density at radius 1 is 0.744 bits per heavy atom. The lowest BCUT2D eigenvalue weighted by Gasteiger charge is -2.35. The van der Waals surface area contributed by atoms with Gasteiger partial charge in [-0.1, -0.05) is 22.0 Å². The van der Waals surface area contributed by atoms with E-state index in [1.54, 1.807) is 14.2 Å². The molecule has 1 saturated heterocycles. The number of nitrogens with zero attached hydrogens (tertiary/aromatic N) is 3. The Morgan fingerprint density at radius 3 is 1.97 bits per heavy atom. The number of halogens is 1. The maximum absolute atomic E-state index is 13.8. The monoisotopic (exact) mass is 587 g/mol. The third kappa shape index (κ3) is 5.43. The van der Waals surface area contributed by atoms with Crippen LogP contribution in [0.1, 0.15) is 26.4 Å². The molecule has 2 amide bonds. The number of ether oxygens (including phenoxy) is 2. The summed E-state index contributed by atoms with van der Waals surface area (Å²) in [6, 6.07) is 24.9. The van der Waals surface area contributed by atoms with Crippen molar-refractivity contribution in [3.05, 3.63) is 100 Å². The van der Waals surface area contributed by atoms with Crippen molar-refractivity contribution in [3.63, 3.8) is 0 Å². The van der Waals surface area contributed by atoms with Crippen LogP contribution < -0.4 is 9.47 Å². The van der Waals surface area contributed by atoms with Crippen molar-refractivity contribution in [2.75, 3.05) is 40.4 Å². The minimum atomic E-state index is -0.0420. The van der Waals surface area contributed by atoms with Crippen LogP contribution in [-0.4, -0.2) is 66.6 Å². The van der Waals surface area contributed by atoms with Gasteiger partial charge in [-0.3, -0.25) is 9.59 Å². The predicted molar refractivity (Wildman–Crippen MR) is 155 cm³/mol. The van der Waals surface area contributed by atoms with Crippen LogP contribution in [0.5, 0.6) is 11.5 Å². The van der Waals surface area contributed by atoms with Crippen molar-refractivity contribution in [2.45, 2.75) is 6.92 Å². The number of methoxy groups -OCH3 is 2. The molecule has 0 N–H and O–H groups in total. The van der Waals surface area contributed by atoms with Gasteiger partial charge in [-0.15, -0.1) is 0 Å². The quantitative estimate of drug-likeness (QED) is 0.285. The molecule has 8 heteroatoms. The van der Waals surface area contributed by atoms with Crippen LogP contribution in [0.25, 0.3) is 16.9 Å². The highest BCUT2D eigenvalue weighted by Gasteiger charge is 2.28. The first-order valence-electron chi connectivity index (χ1n) is 12.7. The highest BCUT2D eigenvalue weighted by Crippen LogP contribution is 2.32. The van der Waals surface area contributed by atoms with Crippen LogP contribution in [0.4, 0.5) is 0 Å². The SMILES string of the molecule is COc1ccc(-c2cc(C(=O)N3CCN(C(=O)c4ccc(Br)cc4)CC3)c(C)n2-c2cccc(OC)c2)cc1. The molecule has 5 rings (SSSR count). The van der Waals surface area contributed by atoms with Crippen molar-refractivity contribution in [1.82, 2.24) is 14.4 Å². The first-order valence-corrected chi connectivity index (χ1v) is 13.5. The van der Waals surface area contributed by atoms with E-state index in [4.69, 9.17) is 9.47 Å². The van der Waals surface area contributed by atoms with Gasteiger partial charge in [0.15, 0.2) is 0 Å². The second kappa shape index (κ2) is 11.4. The summed E-state index contributed by atoms with van der Waals surface area (Å²) in [7, 11) is 3.28. The van der Waals surface area contributed by atoms with E-state index >= 15 is 0 Å². The molecule has 7 nitrogen and oxygen atoms in total. The maximum atomic E-state index is 13.8. The maximum Gasteiger partial charge on any atom is 0.255 e. The zero-order chi connectivity index (χ0) is 27.5. The summed E-state index contributed by atoms with van der Waals surface area (Å²) in [4.78, 5) is 30.4. The highest BCUT2D eigenvalue weighted by atomic mass is 79.9. The molecule has 3 aromatic carbocycles. The topological polar surface area (TPSA) is 64.0 Å². The summed E-state index contributed by atoms with van der Waals surface area (Å²) in [6.07, 6.45) is 0. The third-order valence-corrected chi connectivity index (χ3v) is 7.65. The van der Waals surface area contributed by atoms with Gasteiger partial charge in [0, 0.05) is 53.7 Å². The fourth-order valence-corrected chi connectivity index (χ4v) is 5.20. The second-order valence-corrected chi connectivity index (χ2v) is 10.3. The number of carbonyl (C=O) groups excluding carboxylic acids is 2. The molecule has 0 unspecified atom stereocenters. The van der Waals surface area contributed by atoms with Gasteiger partial charge in [0.2, 0.25) is 0 Å². The van der Waals surface area contributed by atoms with E-state index < -0.39 is 0 Å². The fourth-order valence-electron chi connectivity index (χ4n) is 4.94. The molecule has 200 valence electrons. The van der Waals surface area contributed by atoms with Gasteiger partial charge in [0.05, 0.1) is 25.5 Å². The highest BCUT2D eigenvalue weighted by molar-refractivity contribution is 9.10. The Kier molecular flexibility index (Phi) is 7.74. The molecule has 1 aliphatic heterocycles.